The number of hydrogen-bond donors (Lipinski definition) is 1. The van der Waals surface area contributed by atoms with E-state index < -0.39 is 12.8 Å². The molecule has 0 atom stereocenters. The maximum atomic E-state index is 12.0. The number of nitrogens with one attached hydrogen (secondary N) is 1. The van der Waals surface area contributed by atoms with Crippen molar-refractivity contribution in [1.29, 1.82) is 0 Å². The second kappa shape index (κ2) is 6.15. The van der Waals surface area contributed by atoms with E-state index in [9.17, 15) is 18.0 Å². The van der Waals surface area contributed by atoms with Gasteiger partial charge in [-0.25, -0.2) is 0 Å². The molecule has 1 aromatic carbocycles. The van der Waals surface area contributed by atoms with E-state index in [0.717, 1.165) is 24.8 Å². The number of carbonyl (C=O) groups excluding carboxylic acids is 1. The average molecular weight is 287 g/mol. The molecule has 1 aliphatic carbocycles. The molecular formula is C14H16F3NO2. The lowest BCUT2D eigenvalue weighted by molar-refractivity contribution is -0.153. The third-order valence-electron chi connectivity index (χ3n) is 3.27. The molecule has 0 bridgehead atoms. The molecule has 3 nitrogen and oxygen atoms in total. The first-order valence-electron chi connectivity index (χ1n) is 6.50. The zero-order valence-electron chi connectivity index (χ0n) is 10.9. The van der Waals surface area contributed by atoms with Crippen LogP contribution in [0.15, 0.2) is 24.3 Å². The number of carbonyl (C=O) groups is 1. The Hall–Kier alpha value is -1.72. The summed E-state index contributed by atoms with van der Waals surface area (Å²) in [7, 11) is 0. The number of hydrogen-bond acceptors (Lipinski definition) is 2. The van der Waals surface area contributed by atoms with E-state index in [1.54, 1.807) is 12.1 Å². The molecule has 1 aromatic rings. The number of halogens is 3. The van der Waals surface area contributed by atoms with Crippen LogP contribution in [0.25, 0.3) is 0 Å². The van der Waals surface area contributed by atoms with Crippen LogP contribution in [0.4, 0.5) is 13.2 Å². The molecule has 0 aliphatic heterocycles. The number of amides is 1. The van der Waals surface area contributed by atoms with E-state index in [2.05, 4.69) is 10.1 Å². The van der Waals surface area contributed by atoms with Gasteiger partial charge in [0.15, 0.2) is 6.61 Å². The highest BCUT2D eigenvalue weighted by Crippen LogP contribution is 2.26. The van der Waals surface area contributed by atoms with Crippen LogP contribution in [0.3, 0.4) is 0 Å². The highest BCUT2D eigenvalue weighted by molar-refractivity contribution is 5.79. The molecule has 6 heteroatoms. The van der Waals surface area contributed by atoms with E-state index in [1.165, 1.54) is 12.1 Å². The number of alkyl halides is 3. The van der Waals surface area contributed by atoms with Crippen molar-refractivity contribution >= 4 is 5.91 Å². The second-order valence-corrected chi connectivity index (χ2v) is 4.89. The Bertz CT molecular complexity index is 452. The Labute approximate surface area is 115 Å². The Morgan fingerprint density at radius 1 is 1.25 bits per heavy atom. The lowest BCUT2D eigenvalue weighted by atomic mass is 9.85. The van der Waals surface area contributed by atoms with Crippen LogP contribution in [-0.2, 0) is 11.3 Å². The monoisotopic (exact) mass is 287 g/mol. The summed E-state index contributed by atoms with van der Waals surface area (Å²) in [5.74, 6) is 0.342. The molecule has 1 saturated carbocycles. The van der Waals surface area contributed by atoms with Crippen molar-refractivity contribution in [1.82, 2.24) is 5.32 Å². The van der Waals surface area contributed by atoms with Crippen LogP contribution in [0, 0.1) is 5.92 Å². The first kappa shape index (κ1) is 14.7. The summed E-state index contributed by atoms with van der Waals surface area (Å²) in [6.45, 7) is -0.917. The van der Waals surface area contributed by atoms with Gasteiger partial charge in [0.2, 0.25) is 5.91 Å². The normalized spacial score (nSPS) is 15.6. The van der Waals surface area contributed by atoms with Gasteiger partial charge in [0.25, 0.3) is 0 Å². The molecule has 2 rings (SSSR count). The highest BCUT2D eigenvalue weighted by Gasteiger charge is 2.28. The summed E-state index contributed by atoms with van der Waals surface area (Å²) in [4.78, 5) is 11.6. The Morgan fingerprint density at radius 3 is 2.40 bits per heavy atom. The van der Waals surface area contributed by atoms with Gasteiger partial charge in [0.05, 0.1) is 0 Å². The van der Waals surface area contributed by atoms with Crippen LogP contribution in [0.1, 0.15) is 24.8 Å². The Balaban J connectivity index is 1.77. The SMILES string of the molecule is O=C(NCc1ccc(OCC(F)(F)F)cc1)C1CCC1. The zero-order chi connectivity index (χ0) is 14.6. The Kier molecular flexibility index (Phi) is 4.52. The zero-order valence-corrected chi connectivity index (χ0v) is 10.9. The van der Waals surface area contributed by atoms with E-state index in [-0.39, 0.29) is 17.6 Å². The third kappa shape index (κ3) is 4.43. The molecule has 110 valence electrons. The molecule has 0 radical (unpaired) electrons. The van der Waals surface area contributed by atoms with E-state index >= 15 is 0 Å². The molecule has 0 aromatic heterocycles. The highest BCUT2D eigenvalue weighted by atomic mass is 19.4. The van der Waals surface area contributed by atoms with Gasteiger partial charge in [-0.3, -0.25) is 4.79 Å². The van der Waals surface area contributed by atoms with Crippen LogP contribution < -0.4 is 10.1 Å². The van der Waals surface area contributed by atoms with Gasteiger partial charge in [-0.05, 0) is 30.5 Å². The summed E-state index contributed by atoms with van der Waals surface area (Å²) in [6.07, 6.45) is -1.36. The summed E-state index contributed by atoms with van der Waals surface area (Å²) < 4.78 is 40.5. The van der Waals surface area contributed by atoms with Crippen molar-refractivity contribution in [2.45, 2.75) is 32.0 Å². The first-order chi connectivity index (χ1) is 9.44. The van der Waals surface area contributed by atoms with Gasteiger partial charge in [-0.1, -0.05) is 18.6 Å². The predicted molar refractivity (Wildman–Crippen MR) is 67.2 cm³/mol. The van der Waals surface area contributed by atoms with E-state index in [4.69, 9.17) is 0 Å². The topological polar surface area (TPSA) is 38.3 Å². The molecule has 0 heterocycles. The summed E-state index contributed by atoms with van der Waals surface area (Å²) >= 11 is 0. The number of ether oxygens (including phenoxy) is 1. The maximum absolute atomic E-state index is 12.0. The van der Waals surface area contributed by atoms with Gasteiger partial charge in [0.1, 0.15) is 5.75 Å². The largest absolute Gasteiger partial charge is 0.484 e. The smallest absolute Gasteiger partial charge is 0.422 e. The van der Waals surface area contributed by atoms with Crippen molar-refractivity contribution in [3.8, 4) is 5.75 Å². The quantitative estimate of drug-likeness (QED) is 0.904. The number of rotatable bonds is 5. The third-order valence-corrected chi connectivity index (χ3v) is 3.27. The molecule has 0 spiro atoms. The van der Waals surface area contributed by atoms with Crippen molar-refractivity contribution in [2.24, 2.45) is 5.92 Å². The molecule has 1 amide bonds. The van der Waals surface area contributed by atoms with Crippen molar-refractivity contribution in [3.05, 3.63) is 29.8 Å². The van der Waals surface area contributed by atoms with Crippen LogP contribution in [-0.4, -0.2) is 18.7 Å². The first-order valence-corrected chi connectivity index (χ1v) is 6.50. The van der Waals surface area contributed by atoms with Crippen LogP contribution >= 0.6 is 0 Å². The van der Waals surface area contributed by atoms with Gasteiger partial charge < -0.3 is 10.1 Å². The summed E-state index contributed by atoms with van der Waals surface area (Å²) in [5, 5.41) is 2.82. The minimum absolute atomic E-state index is 0.0497. The number of benzene rings is 1. The van der Waals surface area contributed by atoms with Crippen molar-refractivity contribution < 1.29 is 22.7 Å². The fourth-order valence-electron chi connectivity index (χ4n) is 1.87. The minimum atomic E-state index is -4.34. The standard InChI is InChI=1S/C14H16F3NO2/c15-14(16,17)9-20-12-6-4-10(5-7-12)8-18-13(19)11-2-1-3-11/h4-7,11H,1-3,8-9H2,(H,18,19). The molecule has 1 fully saturated rings. The molecule has 1 aliphatic rings. The summed E-state index contributed by atoms with van der Waals surface area (Å²) in [6, 6.07) is 6.23. The molecule has 0 saturated heterocycles. The summed E-state index contributed by atoms with van der Waals surface area (Å²) in [5.41, 5.74) is 0.831. The molecular weight excluding hydrogens is 271 g/mol. The van der Waals surface area contributed by atoms with Crippen molar-refractivity contribution in [3.63, 3.8) is 0 Å². The van der Waals surface area contributed by atoms with Crippen molar-refractivity contribution in [2.75, 3.05) is 6.61 Å². The molecule has 1 N–H and O–H groups in total. The Morgan fingerprint density at radius 2 is 1.90 bits per heavy atom. The van der Waals surface area contributed by atoms with Crippen LogP contribution in [0.5, 0.6) is 5.75 Å². The minimum Gasteiger partial charge on any atom is -0.484 e. The fraction of sp³-hybridized carbons (Fsp3) is 0.500. The van der Waals surface area contributed by atoms with Gasteiger partial charge >= 0.3 is 6.18 Å². The average Bonchev–Trinajstić information content (AvgIpc) is 2.32. The van der Waals surface area contributed by atoms with Gasteiger partial charge in [-0.15, -0.1) is 0 Å². The fourth-order valence-corrected chi connectivity index (χ4v) is 1.87. The van der Waals surface area contributed by atoms with E-state index in [0.29, 0.717) is 6.54 Å². The van der Waals surface area contributed by atoms with E-state index in [1.807, 2.05) is 0 Å². The van der Waals surface area contributed by atoms with Gasteiger partial charge in [-0.2, -0.15) is 13.2 Å². The molecule has 20 heavy (non-hydrogen) atoms. The second-order valence-electron chi connectivity index (χ2n) is 4.89. The maximum Gasteiger partial charge on any atom is 0.422 e. The predicted octanol–water partition coefficient (Wildman–Crippen LogP) is 3.04. The van der Waals surface area contributed by atoms with Gasteiger partial charge in [0, 0.05) is 12.5 Å². The molecule has 0 unspecified atom stereocenters. The lowest BCUT2D eigenvalue weighted by Gasteiger charge is -2.24. The van der Waals surface area contributed by atoms with Crippen LogP contribution in [0.2, 0.25) is 0 Å². The lowest BCUT2D eigenvalue weighted by Crippen LogP contribution is -2.33.